The van der Waals surface area contributed by atoms with Gasteiger partial charge in [0.15, 0.2) is 12.0 Å². The van der Waals surface area contributed by atoms with E-state index in [4.69, 9.17) is 0 Å². The minimum absolute atomic E-state index is 0.266. The molecule has 2 aromatic rings. The van der Waals surface area contributed by atoms with Gasteiger partial charge in [-0.05, 0) is 18.2 Å². The fourth-order valence-electron chi connectivity index (χ4n) is 2.39. The van der Waals surface area contributed by atoms with Gasteiger partial charge in [0.2, 0.25) is 0 Å². The zero-order chi connectivity index (χ0) is 16.9. The van der Waals surface area contributed by atoms with Crippen LogP contribution in [0.1, 0.15) is 30.0 Å². The SMILES string of the molecule is O=S(=O)(c1nc2n(n1)[C@H](c1cc(F)ccc1F)C[C@@H]2F)C(F)F. The van der Waals surface area contributed by atoms with Crippen LogP contribution >= 0.6 is 0 Å². The number of hydrogen-bond donors (Lipinski definition) is 0. The van der Waals surface area contributed by atoms with Gasteiger partial charge >= 0.3 is 5.76 Å². The second-order valence-corrected chi connectivity index (χ2v) is 6.70. The fraction of sp³-hybridized carbons (Fsp3) is 0.333. The van der Waals surface area contributed by atoms with E-state index >= 15 is 0 Å². The molecule has 2 atom stereocenters. The van der Waals surface area contributed by atoms with Crippen molar-refractivity contribution >= 4 is 9.84 Å². The Kier molecular flexibility index (Phi) is 3.62. The standard InChI is InChI=1S/C12H8F5N3O2S/c13-5-1-2-7(14)6(3-5)9-4-8(15)10-18-12(19-20(9)10)23(21,22)11(16)17/h1-3,8-9,11H,4H2/t8-,9-/m0/s1. The lowest BCUT2D eigenvalue weighted by Crippen LogP contribution is -2.15. The van der Waals surface area contributed by atoms with E-state index in [1.807, 2.05) is 0 Å². The number of sulfone groups is 1. The summed E-state index contributed by atoms with van der Waals surface area (Å²) in [5, 5.41) is 2.13. The summed E-state index contributed by atoms with van der Waals surface area (Å²) in [5.41, 5.74) is -0.266. The normalized spacial score (nSPS) is 21.0. The van der Waals surface area contributed by atoms with E-state index in [1.165, 1.54) is 0 Å². The van der Waals surface area contributed by atoms with Crippen LogP contribution < -0.4 is 0 Å². The smallest absolute Gasteiger partial charge is 0.239 e. The number of rotatable bonds is 3. The largest absolute Gasteiger partial charge is 0.344 e. The van der Waals surface area contributed by atoms with Crippen LogP contribution in [0.3, 0.4) is 0 Å². The molecule has 0 N–H and O–H groups in total. The predicted octanol–water partition coefficient (Wildman–Crippen LogP) is 2.56. The quantitative estimate of drug-likeness (QED) is 0.796. The van der Waals surface area contributed by atoms with Crippen LogP contribution in [0.2, 0.25) is 0 Å². The highest BCUT2D eigenvalue weighted by Crippen LogP contribution is 2.40. The van der Waals surface area contributed by atoms with Crippen molar-refractivity contribution in [3.63, 3.8) is 0 Å². The van der Waals surface area contributed by atoms with Crippen molar-refractivity contribution in [1.29, 1.82) is 0 Å². The van der Waals surface area contributed by atoms with Gasteiger partial charge in [-0.25, -0.2) is 26.3 Å². The highest BCUT2D eigenvalue weighted by Gasteiger charge is 2.40. The number of alkyl halides is 3. The summed E-state index contributed by atoms with van der Waals surface area (Å²) in [6.45, 7) is 0. The fourth-order valence-corrected chi connectivity index (χ4v) is 2.97. The Morgan fingerprint density at radius 3 is 2.61 bits per heavy atom. The van der Waals surface area contributed by atoms with Crippen LogP contribution in [0.25, 0.3) is 0 Å². The molecule has 0 saturated heterocycles. The maximum atomic E-state index is 14.0. The van der Waals surface area contributed by atoms with Crippen molar-refractivity contribution in [3.8, 4) is 0 Å². The van der Waals surface area contributed by atoms with E-state index in [0.717, 1.165) is 18.2 Å². The molecule has 5 nitrogen and oxygen atoms in total. The van der Waals surface area contributed by atoms with Gasteiger partial charge in [0.05, 0.1) is 6.04 Å². The molecule has 0 fully saturated rings. The zero-order valence-electron chi connectivity index (χ0n) is 11.1. The summed E-state index contributed by atoms with van der Waals surface area (Å²) >= 11 is 0. The van der Waals surface area contributed by atoms with E-state index in [2.05, 4.69) is 10.1 Å². The molecule has 0 spiro atoms. The second kappa shape index (κ2) is 5.25. The number of nitrogens with zero attached hydrogens (tertiary/aromatic N) is 3. The van der Waals surface area contributed by atoms with Gasteiger partial charge in [-0.15, -0.1) is 5.10 Å². The second-order valence-electron chi connectivity index (χ2n) is 4.89. The van der Waals surface area contributed by atoms with Crippen molar-refractivity contribution in [2.24, 2.45) is 0 Å². The van der Waals surface area contributed by atoms with Gasteiger partial charge < -0.3 is 0 Å². The first-order valence-electron chi connectivity index (χ1n) is 6.29. The number of hydrogen-bond acceptors (Lipinski definition) is 4. The van der Waals surface area contributed by atoms with Crippen molar-refractivity contribution in [1.82, 2.24) is 14.8 Å². The summed E-state index contributed by atoms with van der Waals surface area (Å²) in [6.07, 6.45) is -2.19. The number of halogens is 5. The van der Waals surface area contributed by atoms with E-state index in [-0.39, 0.29) is 12.0 Å². The Labute approximate surface area is 126 Å². The molecule has 1 aliphatic rings. The van der Waals surface area contributed by atoms with E-state index in [0.29, 0.717) is 4.68 Å². The van der Waals surface area contributed by atoms with Crippen LogP contribution in [-0.4, -0.2) is 28.9 Å². The molecule has 124 valence electrons. The molecule has 3 rings (SSSR count). The lowest BCUT2D eigenvalue weighted by Gasteiger charge is -2.12. The molecule has 0 radical (unpaired) electrons. The minimum atomic E-state index is -5.11. The molecule has 0 bridgehead atoms. The third kappa shape index (κ3) is 2.48. The monoisotopic (exact) mass is 353 g/mol. The van der Waals surface area contributed by atoms with Crippen LogP contribution in [-0.2, 0) is 9.84 Å². The summed E-state index contributed by atoms with van der Waals surface area (Å²) in [7, 11) is -5.11. The van der Waals surface area contributed by atoms with Crippen molar-refractivity contribution in [2.75, 3.05) is 0 Å². The Bertz CT molecular complexity index is 868. The zero-order valence-corrected chi connectivity index (χ0v) is 11.9. The summed E-state index contributed by atoms with van der Waals surface area (Å²) in [4.78, 5) is 3.29. The Balaban J connectivity index is 2.11. The highest BCUT2D eigenvalue weighted by atomic mass is 32.2. The summed E-state index contributed by atoms with van der Waals surface area (Å²) in [6, 6.07) is 1.31. The molecule has 11 heteroatoms. The molecule has 0 unspecified atom stereocenters. The first kappa shape index (κ1) is 15.8. The molecule has 1 aromatic heterocycles. The summed E-state index contributed by atoms with van der Waals surface area (Å²) < 4.78 is 89.5. The molecule has 2 heterocycles. The van der Waals surface area contributed by atoms with Gasteiger partial charge in [0, 0.05) is 12.0 Å². The predicted molar refractivity (Wildman–Crippen MR) is 66.2 cm³/mol. The molecule has 0 aliphatic carbocycles. The van der Waals surface area contributed by atoms with Crippen molar-refractivity contribution in [2.45, 2.75) is 29.5 Å². The third-order valence-electron chi connectivity index (χ3n) is 3.45. The van der Waals surface area contributed by atoms with Gasteiger partial charge in [-0.3, -0.25) is 0 Å². The first-order chi connectivity index (χ1) is 10.7. The van der Waals surface area contributed by atoms with Gasteiger partial charge in [-0.1, -0.05) is 0 Å². The van der Waals surface area contributed by atoms with E-state index < -0.39 is 50.4 Å². The number of aromatic nitrogens is 3. The highest BCUT2D eigenvalue weighted by molar-refractivity contribution is 7.91. The molecule has 1 aromatic carbocycles. The Morgan fingerprint density at radius 2 is 1.96 bits per heavy atom. The Morgan fingerprint density at radius 1 is 1.26 bits per heavy atom. The number of fused-ring (bicyclic) bond motifs is 1. The minimum Gasteiger partial charge on any atom is -0.239 e. The van der Waals surface area contributed by atoms with Crippen LogP contribution in [0, 0.1) is 11.6 Å². The average molecular weight is 353 g/mol. The van der Waals surface area contributed by atoms with E-state index in [9.17, 15) is 30.4 Å². The Hall–Kier alpha value is -2.04. The molecule has 0 saturated carbocycles. The van der Waals surface area contributed by atoms with Crippen LogP contribution in [0.4, 0.5) is 22.0 Å². The third-order valence-corrected chi connectivity index (χ3v) is 4.60. The van der Waals surface area contributed by atoms with Gasteiger partial charge in [0.1, 0.15) is 11.6 Å². The van der Waals surface area contributed by atoms with Crippen molar-refractivity contribution in [3.05, 3.63) is 41.2 Å². The molecular formula is C12H8F5N3O2S. The molecular weight excluding hydrogens is 345 g/mol. The lowest BCUT2D eigenvalue weighted by molar-refractivity contribution is 0.233. The summed E-state index contributed by atoms with van der Waals surface area (Å²) in [5.74, 6) is -5.93. The maximum absolute atomic E-state index is 14.0. The molecule has 0 amide bonds. The maximum Gasteiger partial charge on any atom is 0.344 e. The molecule has 1 aliphatic heterocycles. The van der Waals surface area contributed by atoms with Crippen LogP contribution in [0.15, 0.2) is 23.4 Å². The van der Waals surface area contributed by atoms with E-state index in [1.54, 1.807) is 0 Å². The number of benzene rings is 1. The van der Waals surface area contributed by atoms with Crippen LogP contribution in [0.5, 0.6) is 0 Å². The topological polar surface area (TPSA) is 64.8 Å². The molecule has 23 heavy (non-hydrogen) atoms. The first-order valence-corrected chi connectivity index (χ1v) is 7.84. The van der Waals surface area contributed by atoms with Gasteiger partial charge in [0.25, 0.3) is 15.0 Å². The average Bonchev–Trinajstić information content (AvgIpc) is 3.03. The lowest BCUT2D eigenvalue weighted by atomic mass is 10.0. The van der Waals surface area contributed by atoms with Gasteiger partial charge in [-0.2, -0.15) is 13.8 Å². The van der Waals surface area contributed by atoms with Crippen molar-refractivity contribution < 1.29 is 30.4 Å².